The normalized spacial score (nSPS) is 31.1. The first-order chi connectivity index (χ1) is 5.38. The zero-order valence-corrected chi connectivity index (χ0v) is 8.03. The highest BCUT2D eigenvalue weighted by molar-refractivity contribution is 6.18. The van der Waals surface area contributed by atoms with Crippen molar-refractivity contribution in [2.45, 2.75) is 26.2 Å². The minimum absolute atomic E-state index is 0.788. The molecule has 11 heavy (non-hydrogen) atoms. The van der Waals surface area contributed by atoms with Crippen LogP contribution in [0.2, 0.25) is 0 Å². The van der Waals surface area contributed by atoms with Gasteiger partial charge in [-0.1, -0.05) is 13.3 Å². The standard InChI is InChI=1S/C9H18ClN/c1-2-11-7-9-5-3-4-8(9)6-10/h8-9,11H,2-7H2,1H3. The molecule has 0 heterocycles. The van der Waals surface area contributed by atoms with Gasteiger partial charge in [-0.25, -0.2) is 0 Å². The van der Waals surface area contributed by atoms with Gasteiger partial charge in [-0.15, -0.1) is 11.6 Å². The summed E-state index contributed by atoms with van der Waals surface area (Å²) in [6.07, 6.45) is 4.11. The smallest absolute Gasteiger partial charge is 0.0254 e. The van der Waals surface area contributed by atoms with Crippen LogP contribution in [-0.4, -0.2) is 19.0 Å². The Morgan fingerprint density at radius 1 is 1.36 bits per heavy atom. The summed E-state index contributed by atoms with van der Waals surface area (Å²) in [5, 5.41) is 3.40. The summed E-state index contributed by atoms with van der Waals surface area (Å²) in [4.78, 5) is 0. The molecule has 0 saturated heterocycles. The van der Waals surface area contributed by atoms with Gasteiger partial charge in [-0.3, -0.25) is 0 Å². The summed E-state index contributed by atoms with van der Waals surface area (Å²) < 4.78 is 0. The first-order valence-corrected chi connectivity index (χ1v) is 5.18. The maximum atomic E-state index is 5.85. The quantitative estimate of drug-likeness (QED) is 0.647. The Balaban J connectivity index is 2.20. The van der Waals surface area contributed by atoms with Crippen LogP contribution in [0.3, 0.4) is 0 Å². The Hall–Kier alpha value is 0.250. The number of rotatable bonds is 4. The summed E-state index contributed by atoms with van der Waals surface area (Å²) in [6, 6.07) is 0. The van der Waals surface area contributed by atoms with E-state index in [0.717, 1.165) is 24.3 Å². The molecule has 0 aromatic rings. The third-order valence-corrected chi connectivity index (χ3v) is 3.07. The molecule has 1 aliphatic carbocycles. The second-order valence-corrected chi connectivity index (χ2v) is 3.72. The van der Waals surface area contributed by atoms with Crippen molar-refractivity contribution in [1.29, 1.82) is 0 Å². The number of alkyl halides is 1. The molecule has 66 valence electrons. The van der Waals surface area contributed by atoms with Gasteiger partial charge in [0, 0.05) is 5.88 Å². The molecule has 0 radical (unpaired) electrons. The van der Waals surface area contributed by atoms with Gasteiger partial charge in [0.05, 0.1) is 0 Å². The summed E-state index contributed by atoms with van der Waals surface area (Å²) >= 11 is 5.85. The number of halogens is 1. The van der Waals surface area contributed by atoms with Crippen molar-refractivity contribution in [3.63, 3.8) is 0 Å². The average Bonchev–Trinajstić information content (AvgIpc) is 2.47. The van der Waals surface area contributed by atoms with Crippen molar-refractivity contribution in [3.05, 3.63) is 0 Å². The Bertz CT molecular complexity index is 106. The van der Waals surface area contributed by atoms with E-state index in [4.69, 9.17) is 11.6 Å². The minimum atomic E-state index is 0.788. The molecule has 0 aromatic carbocycles. The Labute approximate surface area is 74.5 Å². The minimum Gasteiger partial charge on any atom is -0.317 e. The summed E-state index contributed by atoms with van der Waals surface area (Å²) in [6.45, 7) is 4.42. The third-order valence-electron chi connectivity index (χ3n) is 2.67. The Morgan fingerprint density at radius 3 is 2.73 bits per heavy atom. The van der Waals surface area contributed by atoms with E-state index in [0.29, 0.717) is 0 Å². The van der Waals surface area contributed by atoms with Crippen molar-refractivity contribution < 1.29 is 0 Å². The first kappa shape index (κ1) is 9.34. The van der Waals surface area contributed by atoms with E-state index < -0.39 is 0 Å². The van der Waals surface area contributed by atoms with Crippen LogP contribution < -0.4 is 5.32 Å². The van der Waals surface area contributed by atoms with E-state index in [2.05, 4.69) is 12.2 Å². The molecule has 0 aromatic heterocycles. The molecular weight excluding hydrogens is 158 g/mol. The van der Waals surface area contributed by atoms with Gasteiger partial charge >= 0.3 is 0 Å². The average molecular weight is 176 g/mol. The van der Waals surface area contributed by atoms with Crippen molar-refractivity contribution in [2.75, 3.05) is 19.0 Å². The molecule has 0 aliphatic heterocycles. The molecule has 2 heteroatoms. The number of nitrogens with one attached hydrogen (secondary N) is 1. The fraction of sp³-hybridized carbons (Fsp3) is 1.00. The lowest BCUT2D eigenvalue weighted by Gasteiger charge is -2.16. The zero-order valence-electron chi connectivity index (χ0n) is 7.28. The molecular formula is C9H18ClN. The predicted molar refractivity (Wildman–Crippen MR) is 50.1 cm³/mol. The Kier molecular flexibility index (Phi) is 4.24. The van der Waals surface area contributed by atoms with Crippen LogP contribution in [0.5, 0.6) is 0 Å². The fourth-order valence-electron chi connectivity index (χ4n) is 1.92. The SMILES string of the molecule is CCNCC1CCCC1CCl. The lowest BCUT2D eigenvalue weighted by atomic mass is 9.98. The van der Waals surface area contributed by atoms with Crippen LogP contribution in [0.15, 0.2) is 0 Å². The molecule has 2 atom stereocenters. The van der Waals surface area contributed by atoms with E-state index in [1.165, 1.54) is 25.8 Å². The largest absolute Gasteiger partial charge is 0.317 e. The van der Waals surface area contributed by atoms with Crippen LogP contribution in [-0.2, 0) is 0 Å². The van der Waals surface area contributed by atoms with Crippen LogP contribution in [0, 0.1) is 11.8 Å². The van der Waals surface area contributed by atoms with Crippen LogP contribution in [0.1, 0.15) is 26.2 Å². The van der Waals surface area contributed by atoms with Gasteiger partial charge in [-0.05, 0) is 37.8 Å². The molecule has 2 unspecified atom stereocenters. The highest BCUT2D eigenvalue weighted by atomic mass is 35.5. The molecule has 0 bridgehead atoms. The second kappa shape index (κ2) is 5.00. The lowest BCUT2D eigenvalue weighted by Crippen LogP contribution is -2.25. The van der Waals surface area contributed by atoms with Crippen molar-refractivity contribution in [3.8, 4) is 0 Å². The van der Waals surface area contributed by atoms with Crippen LogP contribution in [0.4, 0.5) is 0 Å². The van der Waals surface area contributed by atoms with E-state index >= 15 is 0 Å². The fourth-order valence-corrected chi connectivity index (χ4v) is 2.32. The highest BCUT2D eigenvalue weighted by Gasteiger charge is 2.25. The molecule has 1 nitrogen and oxygen atoms in total. The molecule has 1 saturated carbocycles. The maximum Gasteiger partial charge on any atom is 0.0254 e. The van der Waals surface area contributed by atoms with Crippen molar-refractivity contribution >= 4 is 11.6 Å². The number of hydrogen-bond acceptors (Lipinski definition) is 1. The Morgan fingerprint density at radius 2 is 2.09 bits per heavy atom. The summed E-state index contributed by atoms with van der Waals surface area (Å²) in [5.74, 6) is 2.50. The molecule has 0 spiro atoms. The van der Waals surface area contributed by atoms with E-state index in [9.17, 15) is 0 Å². The second-order valence-electron chi connectivity index (χ2n) is 3.41. The topological polar surface area (TPSA) is 12.0 Å². The molecule has 1 rings (SSSR count). The van der Waals surface area contributed by atoms with Gasteiger partial charge in [0.15, 0.2) is 0 Å². The summed E-state index contributed by atoms with van der Waals surface area (Å²) in [7, 11) is 0. The molecule has 0 amide bonds. The lowest BCUT2D eigenvalue weighted by molar-refractivity contribution is 0.400. The van der Waals surface area contributed by atoms with Gasteiger partial charge in [0.25, 0.3) is 0 Å². The van der Waals surface area contributed by atoms with Gasteiger partial charge < -0.3 is 5.32 Å². The van der Waals surface area contributed by atoms with E-state index in [1.54, 1.807) is 0 Å². The van der Waals surface area contributed by atoms with Crippen LogP contribution in [0.25, 0.3) is 0 Å². The maximum absolute atomic E-state index is 5.85. The molecule has 1 aliphatic rings. The predicted octanol–water partition coefficient (Wildman–Crippen LogP) is 2.25. The van der Waals surface area contributed by atoms with E-state index in [-0.39, 0.29) is 0 Å². The van der Waals surface area contributed by atoms with E-state index in [1.807, 2.05) is 0 Å². The highest BCUT2D eigenvalue weighted by Crippen LogP contribution is 2.31. The van der Waals surface area contributed by atoms with Crippen molar-refractivity contribution in [2.24, 2.45) is 11.8 Å². The molecule has 1 fully saturated rings. The van der Waals surface area contributed by atoms with Gasteiger partial charge in [0.1, 0.15) is 0 Å². The van der Waals surface area contributed by atoms with Gasteiger partial charge in [0.2, 0.25) is 0 Å². The monoisotopic (exact) mass is 175 g/mol. The third kappa shape index (κ3) is 2.64. The van der Waals surface area contributed by atoms with Crippen molar-refractivity contribution in [1.82, 2.24) is 5.32 Å². The van der Waals surface area contributed by atoms with Gasteiger partial charge in [-0.2, -0.15) is 0 Å². The first-order valence-electron chi connectivity index (χ1n) is 4.65. The number of hydrogen-bond donors (Lipinski definition) is 1. The molecule has 1 N–H and O–H groups in total. The van der Waals surface area contributed by atoms with Crippen LogP contribution >= 0.6 is 11.6 Å². The summed E-state index contributed by atoms with van der Waals surface area (Å²) in [5.41, 5.74) is 0. The zero-order chi connectivity index (χ0) is 8.10.